The summed E-state index contributed by atoms with van der Waals surface area (Å²) < 4.78 is 27.3. The summed E-state index contributed by atoms with van der Waals surface area (Å²) in [5.41, 5.74) is 5.70. The monoisotopic (exact) mass is 203 g/mol. The fourth-order valence-electron chi connectivity index (χ4n) is 0.979. The van der Waals surface area contributed by atoms with Crippen LogP contribution in [0.3, 0.4) is 0 Å². The zero-order valence-corrected chi connectivity index (χ0v) is 8.41. The van der Waals surface area contributed by atoms with Crippen molar-refractivity contribution in [3.05, 3.63) is 24.2 Å². The van der Waals surface area contributed by atoms with Crippen molar-refractivity contribution in [2.24, 2.45) is 5.73 Å². The van der Waals surface area contributed by atoms with Crippen molar-refractivity contribution in [1.82, 2.24) is 0 Å². The van der Waals surface area contributed by atoms with Gasteiger partial charge in [0, 0.05) is 6.26 Å². The molecule has 74 valence electrons. The van der Waals surface area contributed by atoms with Crippen LogP contribution in [-0.2, 0) is 9.84 Å². The highest BCUT2D eigenvalue weighted by molar-refractivity contribution is 7.91. The number of hydrogen-bond donors (Lipinski definition) is 1. The van der Waals surface area contributed by atoms with Gasteiger partial charge in [-0.2, -0.15) is 0 Å². The predicted molar refractivity (Wildman–Crippen MR) is 49.9 cm³/mol. The van der Waals surface area contributed by atoms with E-state index in [4.69, 9.17) is 10.2 Å². The van der Waals surface area contributed by atoms with Gasteiger partial charge in [-0.05, 0) is 19.1 Å². The van der Waals surface area contributed by atoms with Crippen LogP contribution in [0.5, 0.6) is 0 Å². The zero-order chi connectivity index (χ0) is 10.1. The van der Waals surface area contributed by atoms with Gasteiger partial charge in [-0.25, -0.2) is 8.42 Å². The Hall–Kier alpha value is -0.810. The topological polar surface area (TPSA) is 73.3 Å². The van der Waals surface area contributed by atoms with Crippen LogP contribution < -0.4 is 5.73 Å². The molecule has 0 saturated heterocycles. The van der Waals surface area contributed by atoms with Crippen LogP contribution >= 0.6 is 0 Å². The van der Waals surface area contributed by atoms with Crippen LogP contribution in [-0.4, -0.2) is 19.9 Å². The lowest BCUT2D eigenvalue weighted by Crippen LogP contribution is -2.30. The fraction of sp³-hybridized carbons (Fsp3) is 0.500. The van der Waals surface area contributed by atoms with Crippen molar-refractivity contribution in [1.29, 1.82) is 0 Å². The van der Waals surface area contributed by atoms with Gasteiger partial charge in [0.05, 0.1) is 17.6 Å². The van der Waals surface area contributed by atoms with Crippen LogP contribution in [0.2, 0.25) is 0 Å². The van der Waals surface area contributed by atoms with Crippen molar-refractivity contribution < 1.29 is 12.8 Å². The van der Waals surface area contributed by atoms with Crippen LogP contribution in [0, 0.1) is 0 Å². The molecule has 13 heavy (non-hydrogen) atoms. The predicted octanol–water partition coefficient (Wildman–Crippen LogP) is 0.713. The van der Waals surface area contributed by atoms with E-state index >= 15 is 0 Å². The van der Waals surface area contributed by atoms with E-state index in [1.54, 1.807) is 19.1 Å². The highest BCUT2D eigenvalue weighted by atomic mass is 32.2. The standard InChI is InChI=1S/C8H13NO3S/c1-6(13(2,10)11)8(9)7-4-3-5-12-7/h3-6,8H,9H2,1-2H3. The molecule has 0 spiro atoms. The van der Waals surface area contributed by atoms with Crippen molar-refractivity contribution in [2.45, 2.75) is 18.2 Å². The first-order valence-corrected chi connectivity index (χ1v) is 5.86. The largest absolute Gasteiger partial charge is 0.468 e. The van der Waals surface area contributed by atoms with Gasteiger partial charge in [0.2, 0.25) is 0 Å². The molecule has 0 aromatic carbocycles. The highest BCUT2D eigenvalue weighted by Gasteiger charge is 2.25. The molecule has 2 unspecified atom stereocenters. The van der Waals surface area contributed by atoms with E-state index in [1.165, 1.54) is 12.5 Å². The molecule has 0 fully saturated rings. The Balaban J connectivity index is 2.86. The van der Waals surface area contributed by atoms with Crippen molar-refractivity contribution in [3.63, 3.8) is 0 Å². The van der Waals surface area contributed by atoms with Crippen LogP contribution in [0.15, 0.2) is 22.8 Å². The van der Waals surface area contributed by atoms with Gasteiger partial charge in [-0.1, -0.05) is 0 Å². The van der Waals surface area contributed by atoms with Crippen molar-refractivity contribution in [2.75, 3.05) is 6.26 Å². The normalized spacial score (nSPS) is 16.8. The van der Waals surface area contributed by atoms with E-state index in [2.05, 4.69) is 0 Å². The Morgan fingerprint density at radius 1 is 1.54 bits per heavy atom. The molecule has 0 bridgehead atoms. The average molecular weight is 203 g/mol. The molecule has 1 aromatic heterocycles. The van der Waals surface area contributed by atoms with Crippen LogP contribution in [0.25, 0.3) is 0 Å². The maximum absolute atomic E-state index is 11.1. The molecule has 0 aliphatic heterocycles. The van der Waals surface area contributed by atoms with Crippen molar-refractivity contribution >= 4 is 9.84 Å². The summed E-state index contributed by atoms with van der Waals surface area (Å²) >= 11 is 0. The number of hydrogen-bond acceptors (Lipinski definition) is 4. The smallest absolute Gasteiger partial charge is 0.152 e. The maximum atomic E-state index is 11.1. The summed E-state index contributed by atoms with van der Waals surface area (Å²) in [4.78, 5) is 0. The summed E-state index contributed by atoms with van der Waals surface area (Å²) in [6.07, 6.45) is 2.64. The first-order chi connectivity index (χ1) is 5.93. The highest BCUT2D eigenvalue weighted by Crippen LogP contribution is 2.18. The third-order valence-electron chi connectivity index (χ3n) is 2.05. The zero-order valence-electron chi connectivity index (χ0n) is 7.60. The van der Waals surface area contributed by atoms with E-state index in [1.807, 2.05) is 0 Å². The molecule has 0 amide bonds. The molecule has 0 saturated carbocycles. The summed E-state index contributed by atoms with van der Waals surface area (Å²) in [5, 5.41) is -0.626. The van der Waals surface area contributed by atoms with Gasteiger partial charge in [-0.15, -0.1) is 0 Å². The Bertz CT molecular complexity index is 355. The second-order valence-corrected chi connectivity index (χ2v) is 5.48. The lowest BCUT2D eigenvalue weighted by atomic mass is 10.2. The van der Waals surface area contributed by atoms with Gasteiger partial charge >= 0.3 is 0 Å². The summed E-state index contributed by atoms with van der Waals surface area (Å²) in [6.45, 7) is 1.57. The van der Waals surface area contributed by atoms with Gasteiger partial charge in [0.25, 0.3) is 0 Å². The Kier molecular flexibility index (Phi) is 2.77. The number of sulfone groups is 1. The third kappa shape index (κ3) is 2.32. The lowest BCUT2D eigenvalue weighted by Gasteiger charge is -2.15. The number of furan rings is 1. The summed E-state index contributed by atoms with van der Waals surface area (Å²) in [5.74, 6) is 0.498. The van der Waals surface area contributed by atoms with E-state index in [9.17, 15) is 8.42 Å². The quantitative estimate of drug-likeness (QED) is 0.785. The second-order valence-electron chi connectivity index (χ2n) is 3.08. The molecule has 5 heteroatoms. The molecule has 1 aromatic rings. The minimum atomic E-state index is -3.11. The van der Waals surface area contributed by atoms with Crippen LogP contribution in [0.4, 0.5) is 0 Å². The number of nitrogens with two attached hydrogens (primary N) is 1. The minimum absolute atomic E-state index is 0.498. The van der Waals surface area contributed by atoms with E-state index < -0.39 is 21.1 Å². The first-order valence-electron chi connectivity index (χ1n) is 3.91. The molecular formula is C8H13NO3S. The van der Waals surface area contributed by atoms with Gasteiger partial charge in [0.15, 0.2) is 9.84 Å². The first kappa shape index (κ1) is 10.3. The average Bonchev–Trinajstić information content (AvgIpc) is 2.51. The summed E-state index contributed by atoms with van der Waals surface area (Å²) in [7, 11) is -3.11. The van der Waals surface area contributed by atoms with Crippen molar-refractivity contribution in [3.8, 4) is 0 Å². The molecule has 1 heterocycles. The van der Waals surface area contributed by atoms with Crippen LogP contribution in [0.1, 0.15) is 18.7 Å². The van der Waals surface area contributed by atoms with E-state index in [-0.39, 0.29) is 0 Å². The molecule has 1 rings (SSSR count). The SMILES string of the molecule is CC(C(N)c1ccco1)S(C)(=O)=O. The van der Waals surface area contributed by atoms with Gasteiger partial charge in [-0.3, -0.25) is 0 Å². The second kappa shape index (κ2) is 3.51. The summed E-state index contributed by atoms with van der Waals surface area (Å²) in [6, 6.07) is 2.77. The molecule has 2 N–H and O–H groups in total. The molecular weight excluding hydrogens is 190 g/mol. The Labute approximate surface area is 77.7 Å². The Morgan fingerprint density at radius 2 is 2.15 bits per heavy atom. The molecule has 0 aliphatic rings. The van der Waals surface area contributed by atoms with Gasteiger partial charge in [0.1, 0.15) is 5.76 Å². The fourth-order valence-corrected chi connectivity index (χ4v) is 1.65. The van der Waals surface area contributed by atoms with E-state index in [0.29, 0.717) is 5.76 Å². The Morgan fingerprint density at radius 3 is 2.54 bits per heavy atom. The van der Waals surface area contributed by atoms with Gasteiger partial charge < -0.3 is 10.2 Å². The molecule has 4 nitrogen and oxygen atoms in total. The minimum Gasteiger partial charge on any atom is -0.468 e. The third-order valence-corrected chi connectivity index (χ3v) is 3.70. The lowest BCUT2D eigenvalue weighted by molar-refractivity contribution is 0.456. The number of rotatable bonds is 3. The molecule has 0 radical (unpaired) electrons. The van der Waals surface area contributed by atoms with E-state index in [0.717, 1.165) is 0 Å². The maximum Gasteiger partial charge on any atom is 0.152 e. The molecule has 2 atom stereocenters. The molecule has 0 aliphatic carbocycles.